The van der Waals surface area contributed by atoms with Crippen LogP contribution in [-0.2, 0) is 11.2 Å². The fourth-order valence-electron chi connectivity index (χ4n) is 4.48. The Morgan fingerprint density at radius 3 is 2.60 bits per heavy atom. The van der Waals surface area contributed by atoms with Crippen molar-refractivity contribution in [3.8, 4) is 11.3 Å². The van der Waals surface area contributed by atoms with E-state index in [4.69, 9.17) is 14.7 Å². The summed E-state index contributed by atoms with van der Waals surface area (Å²) in [6.07, 6.45) is 15.4. The van der Waals surface area contributed by atoms with Crippen LogP contribution < -0.4 is 9.80 Å². The Bertz CT molecular complexity index is 965. The molecule has 1 fully saturated rings. The molecule has 0 aromatic carbocycles. The Labute approximate surface area is 177 Å². The highest BCUT2D eigenvalue weighted by atomic mass is 16.5. The predicted molar refractivity (Wildman–Crippen MR) is 117 cm³/mol. The minimum Gasteiger partial charge on any atom is -0.378 e. The molecule has 3 aliphatic rings. The SMILES string of the molecule is CCC1=CC=C(N2CCc3c(-c4cncnc4)nc(N4CCOCC4)nc32)CCC1. The normalized spacial score (nSPS) is 19.2. The van der Waals surface area contributed by atoms with Crippen molar-refractivity contribution in [2.75, 3.05) is 42.6 Å². The van der Waals surface area contributed by atoms with Crippen LogP contribution >= 0.6 is 0 Å². The summed E-state index contributed by atoms with van der Waals surface area (Å²) in [5.41, 5.74) is 6.01. The zero-order chi connectivity index (χ0) is 20.3. The monoisotopic (exact) mass is 404 g/mol. The molecule has 0 N–H and O–H groups in total. The lowest BCUT2D eigenvalue weighted by Crippen LogP contribution is -2.37. The fraction of sp³-hybridized carbons (Fsp3) is 0.478. The van der Waals surface area contributed by atoms with E-state index in [2.05, 4.69) is 38.8 Å². The maximum absolute atomic E-state index is 5.54. The quantitative estimate of drug-likeness (QED) is 0.772. The summed E-state index contributed by atoms with van der Waals surface area (Å²) in [4.78, 5) is 23.1. The highest BCUT2D eigenvalue weighted by molar-refractivity contribution is 5.73. The number of allylic oxidation sites excluding steroid dienone is 4. The van der Waals surface area contributed by atoms with Crippen molar-refractivity contribution in [1.29, 1.82) is 0 Å². The zero-order valence-electron chi connectivity index (χ0n) is 17.5. The second-order valence-corrected chi connectivity index (χ2v) is 7.99. The molecule has 0 radical (unpaired) electrons. The number of morpholine rings is 1. The second kappa shape index (κ2) is 8.52. The first-order valence-electron chi connectivity index (χ1n) is 11.0. The average Bonchev–Trinajstić information content (AvgIpc) is 3.09. The van der Waals surface area contributed by atoms with Gasteiger partial charge in [0.1, 0.15) is 12.1 Å². The van der Waals surface area contributed by atoms with E-state index in [0.717, 1.165) is 61.9 Å². The third kappa shape index (κ3) is 3.69. The molecule has 7 heteroatoms. The summed E-state index contributed by atoms with van der Waals surface area (Å²) in [6, 6.07) is 0. The molecule has 2 aromatic rings. The van der Waals surface area contributed by atoms with Crippen LogP contribution in [0.25, 0.3) is 11.3 Å². The molecule has 7 nitrogen and oxygen atoms in total. The Hall–Kier alpha value is -2.80. The van der Waals surface area contributed by atoms with Crippen molar-refractivity contribution >= 4 is 11.8 Å². The van der Waals surface area contributed by atoms with E-state index < -0.39 is 0 Å². The minimum absolute atomic E-state index is 0.712. The molecule has 2 aliphatic heterocycles. The Balaban J connectivity index is 1.58. The summed E-state index contributed by atoms with van der Waals surface area (Å²) < 4.78 is 5.54. The van der Waals surface area contributed by atoms with Gasteiger partial charge in [-0.3, -0.25) is 0 Å². The average molecular weight is 405 g/mol. The highest BCUT2D eigenvalue weighted by Crippen LogP contribution is 2.38. The molecule has 0 amide bonds. The summed E-state index contributed by atoms with van der Waals surface area (Å²) in [7, 11) is 0. The second-order valence-electron chi connectivity index (χ2n) is 7.99. The van der Waals surface area contributed by atoms with Crippen LogP contribution in [0.1, 0.15) is 38.2 Å². The lowest BCUT2D eigenvalue weighted by molar-refractivity contribution is 0.122. The van der Waals surface area contributed by atoms with E-state index in [9.17, 15) is 0 Å². The number of ether oxygens (including phenoxy) is 1. The van der Waals surface area contributed by atoms with Gasteiger partial charge in [-0.25, -0.2) is 15.0 Å². The van der Waals surface area contributed by atoms with Gasteiger partial charge in [-0.2, -0.15) is 4.98 Å². The minimum atomic E-state index is 0.712. The van der Waals surface area contributed by atoms with Crippen LogP contribution in [-0.4, -0.2) is 52.8 Å². The van der Waals surface area contributed by atoms with Crippen LogP contribution in [0.3, 0.4) is 0 Å². The summed E-state index contributed by atoms with van der Waals surface area (Å²) in [6.45, 7) is 6.24. The smallest absolute Gasteiger partial charge is 0.228 e. The number of anilines is 2. The number of rotatable bonds is 4. The van der Waals surface area contributed by atoms with E-state index >= 15 is 0 Å². The van der Waals surface area contributed by atoms with E-state index in [1.807, 2.05) is 12.4 Å². The van der Waals surface area contributed by atoms with Gasteiger partial charge in [0.05, 0.1) is 18.9 Å². The maximum Gasteiger partial charge on any atom is 0.228 e. The van der Waals surface area contributed by atoms with Crippen molar-refractivity contribution in [1.82, 2.24) is 19.9 Å². The van der Waals surface area contributed by atoms with Gasteiger partial charge in [0.15, 0.2) is 0 Å². The Morgan fingerprint density at radius 2 is 1.80 bits per heavy atom. The number of hydrogen-bond acceptors (Lipinski definition) is 7. The molecule has 0 atom stereocenters. The van der Waals surface area contributed by atoms with Gasteiger partial charge in [0, 0.05) is 48.9 Å². The highest BCUT2D eigenvalue weighted by Gasteiger charge is 2.30. The van der Waals surface area contributed by atoms with Gasteiger partial charge in [-0.05, 0) is 38.2 Å². The van der Waals surface area contributed by atoms with E-state index in [1.54, 1.807) is 6.33 Å². The van der Waals surface area contributed by atoms with Crippen LogP contribution in [0.4, 0.5) is 11.8 Å². The van der Waals surface area contributed by atoms with Gasteiger partial charge in [-0.15, -0.1) is 0 Å². The number of nitrogens with zero attached hydrogens (tertiary/aromatic N) is 6. The molecule has 0 unspecified atom stereocenters. The molecular formula is C23H28N6O. The topological polar surface area (TPSA) is 67.3 Å². The fourth-order valence-corrected chi connectivity index (χ4v) is 4.48. The molecule has 4 heterocycles. The summed E-state index contributed by atoms with van der Waals surface area (Å²) in [5.74, 6) is 1.83. The summed E-state index contributed by atoms with van der Waals surface area (Å²) >= 11 is 0. The number of aromatic nitrogens is 4. The molecule has 156 valence electrons. The van der Waals surface area contributed by atoms with Crippen LogP contribution in [0.2, 0.25) is 0 Å². The van der Waals surface area contributed by atoms with Crippen molar-refractivity contribution < 1.29 is 4.74 Å². The third-order valence-electron chi connectivity index (χ3n) is 6.19. The molecule has 30 heavy (non-hydrogen) atoms. The largest absolute Gasteiger partial charge is 0.378 e. The first kappa shape index (κ1) is 19.2. The van der Waals surface area contributed by atoms with Crippen LogP contribution in [0.5, 0.6) is 0 Å². The molecule has 0 spiro atoms. The third-order valence-corrected chi connectivity index (χ3v) is 6.19. The molecule has 1 aliphatic carbocycles. The van der Waals surface area contributed by atoms with E-state index in [1.165, 1.54) is 29.7 Å². The van der Waals surface area contributed by atoms with Crippen molar-refractivity contribution in [2.45, 2.75) is 39.0 Å². The number of hydrogen-bond donors (Lipinski definition) is 0. The Morgan fingerprint density at radius 1 is 0.967 bits per heavy atom. The van der Waals surface area contributed by atoms with E-state index in [0.29, 0.717) is 13.2 Å². The van der Waals surface area contributed by atoms with Crippen molar-refractivity contribution in [3.05, 3.63) is 47.7 Å². The van der Waals surface area contributed by atoms with Crippen molar-refractivity contribution in [2.24, 2.45) is 0 Å². The molecule has 5 rings (SSSR count). The Kier molecular flexibility index (Phi) is 5.45. The van der Waals surface area contributed by atoms with Crippen molar-refractivity contribution in [3.63, 3.8) is 0 Å². The van der Waals surface area contributed by atoms with E-state index in [-0.39, 0.29) is 0 Å². The first-order valence-corrected chi connectivity index (χ1v) is 11.0. The molecule has 2 aromatic heterocycles. The van der Waals surface area contributed by atoms with Crippen LogP contribution in [0.15, 0.2) is 42.1 Å². The van der Waals surface area contributed by atoms with Gasteiger partial charge in [0.2, 0.25) is 5.95 Å². The standard InChI is InChI=1S/C23H28N6O/c1-2-17-4-3-5-19(7-6-17)29-9-8-20-21(18-14-24-16-25-15-18)26-23(27-22(20)29)28-10-12-30-13-11-28/h6-7,14-16H,2-5,8-13H2,1H3. The van der Waals surface area contributed by atoms with Gasteiger partial charge in [0.25, 0.3) is 0 Å². The molecule has 0 saturated carbocycles. The van der Waals surface area contributed by atoms with Gasteiger partial charge >= 0.3 is 0 Å². The van der Waals surface area contributed by atoms with Gasteiger partial charge in [-0.1, -0.05) is 18.6 Å². The summed E-state index contributed by atoms with van der Waals surface area (Å²) in [5, 5.41) is 0. The molecule has 1 saturated heterocycles. The number of fused-ring (bicyclic) bond motifs is 1. The molecule has 0 bridgehead atoms. The first-order chi connectivity index (χ1) is 14.8. The molecular weight excluding hydrogens is 376 g/mol. The maximum atomic E-state index is 5.54. The predicted octanol–water partition coefficient (Wildman–Crippen LogP) is 3.54. The zero-order valence-corrected chi connectivity index (χ0v) is 17.5. The van der Waals surface area contributed by atoms with Crippen LogP contribution in [0, 0.1) is 0 Å². The lowest BCUT2D eigenvalue weighted by Gasteiger charge is -2.29. The lowest BCUT2D eigenvalue weighted by atomic mass is 10.1. The van der Waals surface area contributed by atoms with Gasteiger partial charge < -0.3 is 14.5 Å².